The Morgan fingerprint density at radius 1 is 1.35 bits per heavy atom. The fourth-order valence-corrected chi connectivity index (χ4v) is 2.41. The molecule has 3 heterocycles. The molecule has 4 atom stereocenters. The van der Waals surface area contributed by atoms with Crippen LogP contribution < -0.4 is 11.2 Å². The number of anilines is 1. The summed E-state index contributed by atoms with van der Waals surface area (Å²) in [7, 11) is 0. The van der Waals surface area contributed by atoms with E-state index in [1.807, 2.05) is 0 Å². The lowest BCUT2D eigenvalue weighted by Crippen LogP contribution is -2.36. The molecular weight excluding hydrogens is 348 g/mol. The molecule has 2 aromatic rings. The van der Waals surface area contributed by atoms with Crippen molar-refractivity contribution in [3.05, 3.63) is 52.8 Å². The summed E-state index contributed by atoms with van der Waals surface area (Å²) in [6.07, 6.45) is -0.894. The standard InChI is InChI=1S/C15H16N4O7/c20-7-9-11(21)12(22)13(25-9)19-5-3-10(17-15(19)24)18-26-14(23)8-2-1-4-16-6-8/h1-6,9,11-13,20-22H,7H2,(H,17,18,24)/t9-,11-,12-,13-/m1/s1. The Balaban J connectivity index is 1.68. The first kappa shape index (κ1) is 17.9. The van der Waals surface area contributed by atoms with Crippen LogP contribution in [0, 0.1) is 0 Å². The second-order valence-electron chi connectivity index (χ2n) is 5.46. The Bertz CT molecular complexity index is 828. The first-order valence-corrected chi connectivity index (χ1v) is 7.60. The van der Waals surface area contributed by atoms with Crippen molar-refractivity contribution in [1.29, 1.82) is 0 Å². The van der Waals surface area contributed by atoms with Crippen LogP contribution in [-0.4, -0.2) is 60.7 Å². The molecule has 0 radical (unpaired) electrons. The third kappa shape index (κ3) is 3.55. The lowest BCUT2D eigenvalue weighted by Gasteiger charge is -2.17. The van der Waals surface area contributed by atoms with E-state index in [2.05, 4.69) is 15.4 Å². The van der Waals surface area contributed by atoms with Crippen molar-refractivity contribution in [2.24, 2.45) is 0 Å². The topological polar surface area (TPSA) is 156 Å². The van der Waals surface area contributed by atoms with Crippen molar-refractivity contribution in [2.75, 3.05) is 12.1 Å². The number of pyridine rings is 1. The Morgan fingerprint density at radius 2 is 2.15 bits per heavy atom. The highest BCUT2D eigenvalue weighted by atomic mass is 16.7. The van der Waals surface area contributed by atoms with Gasteiger partial charge in [-0.05, 0) is 12.1 Å². The third-order valence-electron chi connectivity index (χ3n) is 3.77. The Kier molecular flexibility index (Phi) is 5.23. The Labute approximate surface area is 146 Å². The smallest absolute Gasteiger partial charge is 0.364 e. The number of ether oxygens (including phenoxy) is 1. The third-order valence-corrected chi connectivity index (χ3v) is 3.77. The van der Waals surface area contributed by atoms with Gasteiger partial charge in [-0.1, -0.05) is 0 Å². The number of nitrogens with one attached hydrogen (secondary N) is 1. The molecule has 11 heteroatoms. The molecule has 0 aromatic carbocycles. The number of carbonyl (C=O) groups is 1. The molecule has 1 aliphatic rings. The summed E-state index contributed by atoms with van der Waals surface area (Å²) >= 11 is 0. The van der Waals surface area contributed by atoms with Crippen LogP contribution in [0.15, 0.2) is 41.6 Å². The largest absolute Gasteiger partial charge is 0.394 e. The monoisotopic (exact) mass is 364 g/mol. The van der Waals surface area contributed by atoms with Gasteiger partial charge in [-0.3, -0.25) is 9.55 Å². The van der Waals surface area contributed by atoms with Gasteiger partial charge in [0.1, 0.15) is 18.3 Å². The van der Waals surface area contributed by atoms with Crippen LogP contribution in [0.25, 0.3) is 0 Å². The summed E-state index contributed by atoms with van der Waals surface area (Å²) in [5.74, 6) is -0.761. The summed E-state index contributed by atoms with van der Waals surface area (Å²) in [5.41, 5.74) is 1.64. The van der Waals surface area contributed by atoms with Gasteiger partial charge in [-0.2, -0.15) is 10.5 Å². The summed E-state index contributed by atoms with van der Waals surface area (Å²) in [6.45, 7) is -0.513. The number of aromatic nitrogens is 3. The SMILES string of the molecule is O=C(ONc1ccn([C@@H]2O[C@H](CO)[C@@H](O)[C@H]2O)c(=O)n1)c1cccnc1. The van der Waals surface area contributed by atoms with Crippen molar-refractivity contribution < 1.29 is 29.7 Å². The van der Waals surface area contributed by atoms with Crippen molar-refractivity contribution in [2.45, 2.75) is 24.5 Å². The molecule has 0 spiro atoms. The molecule has 138 valence electrons. The molecular formula is C15H16N4O7. The van der Waals surface area contributed by atoms with Crippen LogP contribution in [0.4, 0.5) is 5.82 Å². The van der Waals surface area contributed by atoms with E-state index in [1.165, 1.54) is 30.7 Å². The minimum absolute atomic E-state index is 0.0461. The number of hydrogen-bond acceptors (Lipinski definition) is 10. The van der Waals surface area contributed by atoms with Crippen LogP contribution in [0.2, 0.25) is 0 Å². The molecule has 1 saturated heterocycles. The average Bonchev–Trinajstić information content (AvgIpc) is 2.95. The molecule has 3 rings (SSSR count). The van der Waals surface area contributed by atoms with E-state index in [4.69, 9.17) is 14.7 Å². The van der Waals surface area contributed by atoms with Gasteiger partial charge in [-0.25, -0.2) is 9.59 Å². The van der Waals surface area contributed by atoms with E-state index in [0.29, 0.717) is 0 Å². The average molecular weight is 364 g/mol. The highest BCUT2D eigenvalue weighted by Crippen LogP contribution is 2.28. The summed E-state index contributed by atoms with van der Waals surface area (Å²) in [5, 5.41) is 28.8. The molecule has 0 aliphatic carbocycles. The van der Waals surface area contributed by atoms with Gasteiger partial charge in [0.05, 0.1) is 12.2 Å². The second-order valence-corrected chi connectivity index (χ2v) is 5.46. The van der Waals surface area contributed by atoms with Gasteiger partial charge in [0, 0.05) is 24.7 Å². The highest BCUT2D eigenvalue weighted by molar-refractivity contribution is 5.89. The molecule has 1 aliphatic heterocycles. The van der Waals surface area contributed by atoms with Crippen LogP contribution in [0.1, 0.15) is 16.6 Å². The van der Waals surface area contributed by atoms with E-state index in [-0.39, 0.29) is 11.4 Å². The lowest BCUT2D eigenvalue weighted by atomic mass is 10.1. The van der Waals surface area contributed by atoms with E-state index in [9.17, 15) is 19.8 Å². The Hall–Kier alpha value is -2.86. The van der Waals surface area contributed by atoms with Crippen molar-refractivity contribution in [3.8, 4) is 0 Å². The quantitative estimate of drug-likeness (QED) is 0.457. The molecule has 1 fully saturated rings. The maximum atomic E-state index is 12.1. The summed E-state index contributed by atoms with van der Waals surface area (Å²) < 4.78 is 6.21. The molecule has 0 unspecified atom stereocenters. The lowest BCUT2D eigenvalue weighted by molar-refractivity contribution is -0.0549. The zero-order chi connectivity index (χ0) is 18.7. The number of aliphatic hydroxyl groups excluding tert-OH is 3. The van der Waals surface area contributed by atoms with Gasteiger partial charge in [-0.15, -0.1) is 0 Å². The molecule has 0 bridgehead atoms. The number of aliphatic hydroxyl groups is 3. The molecule has 0 saturated carbocycles. The maximum absolute atomic E-state index is 12.1. The van der Waals surface area contributed by atoms with E-state index < -0.39 is 42.8 Å². The normalized spacial score (nSPS) is 25.0. The molecule has 26 heavy (non-hydrogen) atoms. The van der Waals surface area contributed by atoms with Gasteiger partial charge in [0.2, 0.25) is 0 Å². The first-order chi connectivity index (χ1) is 12.5. The van der Waals surface area contributed by atoms with Crippen molar-refractivity contribution in [1.82, 2.24) is 14.5 Å². The fraction of sp³-hybridized carbons (Fsp3) is 0.333. The number of nitrogens with zero attached hydrogens (tertiary/aromatic N) is 3. The number of hydrogen-bond donors (Lipinski definition) is 4. The number of rotatable bonds is 5. The minimum Gasteiger partial charge on any atom is -0.394 e. The van der Waals surface area contributed by atoms with Gasteiger partial charge in [0.15, 0.2) is 12.0 Å². The second kappa shape index (κ2) is 7.58. The summed E-state index contributed by atoms with van der Waals surface area (Å²) in [4.78, 5) is 36.2. The summed E-state index contributed by atoms with van der Waals surface area (Å²) in [6, 6.07) is 4.38. The van der Waals surface area contributed by atoms with E-state index in [1.54, 1.807) is 6.07 Å². The predicted molar refractivity (Wildman–Crippen MR) is 84.8 cm³/mol. The minimum atomic E-state index is -1.41. The van der Waals surface area contributed by atoms with Gasteiger partial charge in [0.25, 0.3) is 0 Å². The highest BCUT2D eigenvalue weighted by Gasteiger charge is 2.43. The molecule has 11 nitrogen and oxygen atoms in total. The van der Waals surface area contributed by atoms with Crippen LogP contribution in [0.3, 0.4) is 0 Å². The maximum Gasteiger partial charge on any atom is 0.364 e. The zero-order valence-corrected chi connectivity index (χ0v) is 13.3. The van der Waals surface area contributed by atoms with Crippen LogP contribution in [0.5, 0.6) is 0 Å². The molecule has 4 N–H and O–H groups in total. The fourth-order valence-electron chi connectivity index (χ4n) is 2.41. The van der Waals surface area contributed by atoms with E-state index >= 15 is 0 Å². The zero-order valence-electron chi connectivity index (χ0n) is 13.3. The molecule has 2 aromatic heterocycles. The van der Waals surface area contributed by atoms with E-state index in [0.717, 1.165) is 4.57 Å². The number of carbonyl (C=O) groups excluding carboxylic acids is 1. The van der Waals surface area contributed by atoms with Crippen LogP contribution >= 0.6 is 0 Å². The predicted octanol–water partition coefficient (Wildman–Crippen LogP) is -1.57. The first-order valence-electron chi connectivity index (χ1n) is 7.60. The van der Waals surface area contributed by atoms with Crippen LogP contribution in [-0.2, 0) is 9.57 Å². The van der Waals surface area contributed by atoms with Crippen molar-refractivity contribution in [3.63, 3.8) is 0 Å². The van der Waals surface area contributed by atoms with Gasteiger partial charge < -0.3 is 24.9 Å². The Morgan fingerprint density at radius 3 is 2.77 bits per heavy atom. The van der Waals surface area contributed by atoms with Gasteiger partial charge >= 0.3 is 11.7 Å². The molecule has 0 amide bonds. The van der Waals surface area contributed by atoms with Crippen molar-refractivity contribution >= 4 is 11.8 Å².